The number of carbonyl (C=O) groups excluding carboxylic acids is 1. The number of nitrogens with zero attached hydrogens (tertiary/aromatic N) is 1. The normalized spacial score (nSPS) is 28.9. The van der Waals surface area contributed by atoms with Gasteiger partial charge in [-0.2, -0.15) is 0 Å². The molecule has 0 aromatic rings. The van der Waals surface area contributed by atoms with Gasteiger partial charge in [-0.1, -0.05) is 12.8 Å². The molecule has 0 aliphatic heterocycles. The molecule has 88 valence electrons. The van der Waals surface area contributed by atoms with Gasteiger partial charge in [0.05, 0.1) is 6.04 Å². The van der Waals surface area contributed by atoms with E-state index in [0.29, 0.717) is 6.04 Å². The average molecular weight is 213 g/mol. The fourth-order valence-electron chi connectivity index (χ4n) is 2.21. The number of nitrogens with two attached hydrogens (primary N) is 1. The Labute approximate surface area is 92.2 Å². The van der Waals surface area contributed by atoms with E-state index in [2.05, 4.69) is 24.3 Å². The van der Waals surface area contributed by atoms with E-state index in [4.69, 9.17) is 5.73 Å². The van der Waals surface area contributed by atoms with Crippen molar-refractivity contribution in [3.63, 3.8) is 0 Å². The SMILES string of the molecule is C[C@H](N)C(=O)N[C@@H]1CCCC[C@@H]1N(C)C. The van der Waals surface area contributed by atoms with Crippen LogP contribution in [0.3, 0.4) is 0 Å². The summed E-state index contributed by atoms with van der Waals surface area (Å²) < 4.78 is 0. The van der Waals surface area contributed by atoms with Crippen molar-refractivity contribution in [2.24, 2.45) is 5.73 Å². The van der Waals surface area contributed by atoms with Crippen molar-refractivity contribution in [3.8, 4) is 0 Å². The molecule has 3 N–H and O–H groups in total. The lowest BCUT2D eigenvalue weighted by Crippen LogP contribution is -2.54. The highest BCUT2D eigenvalue weighted by Gasteiger charge is 2.28. The zero-order valence-electron chi connectivity index (χ0n) is 9.99. The first kappa shape index (κ1) is 12.5. The molecule has 0 radical (unpaired) electrons. The van der Waals surface area contributed by atoms with Crippen LogP contribution in [-0.2, 0) is 4.79 Å². The third kappa shape index (κ3) is 3.47. The number of hydrogen-bond acceptors (Lipinski definition) is 3. The van der Waals surface area contributed by atoms with Gasteiger partial charge in [0, 0.05) is 12.1 Å². The van der Waals surface area contributed by atoms with Gasteiger partial charge in [-0.3, -0.25) is 4.79 Å². The third-order valence-electron chi connectivity index (χ3n) is 3.13. The summed E-state index contributed by atoms with van der Waals surface area (Å²) in [5.41, 5.74) is 5.55. The predicted octanol–water partition coefficient (Wildman–Crippen LogP) is 0.323. The van der Waals surface area contributed by atoms with Gasteiger partial charge in [0.15, 0.2) is 0 Å². The minimum Gasteiger partial charge on any atom is -0.350 e. The van der Waals surface area contributed by atoms with Crippen molar-refractivity contribution in [1.82, 2.24) is 10.2 Å². The van der Waals surface area contributed by atoms with E-state index < -0.39 is 6.04 Å². The molecule has 0 aromatic heterocycles. The Balaban J connectivity index is 2.53. The van der Waals surface area contributed by atoms with Crippen LogP contribution in [0.5, 0.6) is 0 Å². The topological polar surface area (TPSA) is 58.4 Å². The standard InChI is InChI=1S/C11H23N3O/c1-8(12)11(15)13-9-6-4-5-7-10(9)14(2)3/h8-10H,4-7,12H2,1-3H3,(H,13,15)/t8-,9+,10-/m0/s1. The summed E-state index contributed by atoms with van der Waals surface area (Å²) in [6, 6.07) is 0.323. The monoisotopic (exact) mass is 213 g/mol. The van der Waals surface area contributed by atoms with E-state index in [-0.39, 0.29) is 11.9 Å². The van der Waals surface area contributed by atoms with E-state index in [1.807, 2.05) is 0 Å². The van der Waals surface area contributed by atoms with Gasteiger partial charge in [-0.05, 0) is 33.9 Å². The van der Waals surface area contributed by atoms with Gasteiger partial charge in [0.1, 0.15) is 0 Å². The van der Waals surface area contributed by atoms with Crippen molar-refractivity contribution >= 4 is 5.91 Å². The molecular formula is C11H23N3O. The van der Waals surface area contributed by atoms with Crippen LogP contribution in [0.1, 0.15) is 32.6 Å². The van der Waals surface area contributed by atoms with Crippen molar-refractivity contribution in [1.29, 1.82) is 0 Å². The van der Waals surface area contributed by atoms with Crippen LogP contribution in [0.4, 0.5) is 0 Å². The van der Waals surface area contributed by atoms with Crippen molar-refractivity contribution in [2.75, 3.05) is 14.1 Å². The Morgan fingerprint density at radius 3 is 2.53 bits per heavy atom. The van der Waals surface area contributed by atoms with E-state index >= 15 is 0 Å². The molecule has 0 bridgehead atoms. The van der Waals surface area contributed by atoms with Crippen LogP contribution in [-0.4, -0.2) is 43.0 Å². The average Bonchev–Trinajstić information content (AvgIpc) is 2.18. The van der Waals surface area contributed by atoms with Crippen LogP contribution in [0, 0.1) is 0 Å². The molecular weight excluding hydrogens is 190 g/mol. The number of nitrogens with one attached hydrogen (secondary N) is 1. The van der Waals surface area contributed by atoms with Crippen LogP contribution in [0.2, 0.25) is 0 Å². The Morgan fingerprint density at radius 1 is 1.40 bits per heavy atom. The molecule has 15 heavy (non-hydrogen) atoms. The quantitative estimate of drug-likeness (QED) is 0.710. The van der Waals surface area contributed by atoms with Crippen molar-refractivity contribution < 1.29 is 4.79 Å². The van der Waals surface area contributed by atoms with Crippen LogP contribution in [0.25, 0.3) is 0 Å². The minimum absolute atomic E-state index is 0.0336. The molecule has 0 saturated heterocycles. The number of carbonyl (C=O) groups is 1. The van der Waals surface area contributed by atoms with Crippen LogP contribution < -0.4 is 11.1 Å². The van der Waals surface area contributed by atoms with Gasteiger partial charge in [-0.15, -0.1) is 0 Å². The second-order valence-corrected chi connectivity index (χ2v) is 4.72. The summed E-state index contributed by atoms with van der Waals surface area (Å²) in [6.07, 6.45) is 4.69. The second kappa shape index (κ2) is 5.47. The molecule has 1 aliphatic carbocycles. The number of hydrogen-bond donors (Lipinski definition) is 2. The lowest BCUT2D eigenvalue weighted by Gasteiger charge is -2.36. The van der Waals surface area contributed by atoms with Gasteiger partial charge in [-0.25, -0.2) is 0 Å². The predicted molar refractivity (Wildman–Crippen MR) is 61.5 cm³/mol. The van der Waals surface area contributed by atoms with Gasteiger partial charge < -0.3 is 16.0 Å². The summed E-state index contributed by atoms with van der Waals surface area (Å²) in [6.45, 7) is 1.73. The highest BCUT2D eigenvalue weighted by Crippen LogP contribution is 2.21. The lowest BCUT2D eigenvalue weighted by molar-refractivity contribution is -0.123. The van der Waals surface area contributed by atoms with Gasteiger partial charge in [0.25, 0.3) is 0 Å². The zero-order valence-corrected chi connectivity index (χ0v) is 9.99. The largest absolute Gasteiger partial charge is 0.350 e. The second-order valence-electron chi connectivity index (χ2n) is 4.72. The first-order chi connectivity index (χ1) is 7.02. The van der Waals surface area contributed by atoms with E-state index in [1.54, 1.807) is 6.92 Å². The molecule has 4 heteroatoms. The molecule has 3 atom stereocenters. The zero-order chi connectivity index (χ0) is 11.4. The Kier molecular flexibility index (Phi) is 4.54. The molecule has 1 amide bonds. The molecule has 1 saturated carbocycles. The Bertz CT molecular complexity index is 216. The van der Waals surface area contributed by atoms with Gasteiger partial charge in [0.2, 0.25) is 5.91 Å². The highest BCUT2D eigenvalue weighted by molar-refractivity contribution is 5.81. The fraction of sp³-hybridized carbons (Fsp3) is 0.909. The van der Waals surface area contributed by atoms with E-state index in [0.717, 1.165) is 12.8 Å². The van der Waals surface area contributed by atoms with Gasteiger partial charge >= 0.3 is 0 Å². The van der Waals surface area contributed by atoms with E-state index in [9.17, 15) is 4.79 Å². The fourth-order valence-corrected chi connectivity index (χ4v) is 2.21. The summed E-state index contributed by atoms with van der Waals surface area (Å²) in [4.78, 5) is 13.7. The molecule has 0 unspecified atom stereocenters. The Morgan fingerprint density at radius 2 is 2.00 bits per heavy atom. The number of amides is 1. The molecule has 1 rings (SSSR count). The van der Waals surface area contributed by atoms with Crippen molar-refractivity contribution in [3.05, 3.63) is 0 Å². The van der Waals surface area contributed by atoms with E-state index in [1.165, 1.54) is 12.8 Å². The summed E-state index contributed by atoms with van der Waals surface area (Å²) in [7, 11) is 4.14. The van der Waals surface area contributed by atoms with Crippen LogP contribution >= 0.6 is 0 Å². The smallest absolute Gasteiger partial charge is 0.236 e. The lowest BCUT2D eigenvalue weighted by atomic mass is 9.89. The molecule has 1 aliphatic rings. The first-order valence-corrected chi connectivity index (χ1v) is 5.74. The minimum atomic E-state index is -0.408. The Hall–Kier alpha value is -0.610. The highest BCUT2D eigenvalue weighted by atomic mass is 16.2. The maximum atomic E-state index is 11.5. The maximum absolute atomic E-state index is 11.5. The summed E-state index contributed by atoms with van der Waals surface area (Å²) in [5.74, 6) is -0.0336. The number of likely N-dealkylation sites (N-methyl/N-ethyl adjacent to an activating group) is 1. The number of rotatable bonds is 3. The van der Waals surface area contributed by atoms with Crippen LogP contribution in [0.15, 0.2) is 0 Å². The summed E-state index contributed by atoms with van der Waals surface area (Å²) in [5, 5.41) is 3.04. The third-order valence-corrected chi connectivity index (χ3v) is 3.13. The van der Waals surface area contributed by atoms with Crippen molar-refractivity contribution in [2.45, 2.75) is 50.7 Å². The molecule has 0 aromatic carbocycles. The molecule has 0 spiro atoms. The first-order valence-electron chi connectivity index (χ1n) is 5.74. The molecule has 0 heterocycles. The molecule has 4 nitrogen and oxygen atoms in total. The maximum Gasteiger partial charge on any atom is 0.236 e. The summed E-state index contributed by atoms with van der Waals surface area (Å²) >= 11 is 0. The molecule has 1 fully saturated rings.